The average Bonchev–Trinajstić information content (AvgIpc) is 3.51. The summed E-state index contributed by atoms with van der Waals surface area (Å²) in [5, 5.41) is 5.41. The summed E-state index contributed by atoms with van der Waals surface area (Å²) < 4.78 is 32.4. The van der Waals surface area contributed by atoms with E-state index in [2.05, 4.69) is 15.5 Å². The van der Waals surface area contributed by atoms with Crippen LogP contribution in [0.3, 0.4) is 0 Å². The molecule has 1 fully saturated rings. The largest absolute Gasteiger partial charge is 0.377 e. The van der Waals surface area contributed by atoms with Crippen LogP contribution in [0.2, 0.25) is 5.02 Å². The molecule has 0 saturated carbocycles. The van der Waals surface area contributed by atoms with Gasteiger partial charge in [-0.15, -0.1) is 6.42 Å². The number of carbonyl (C=O) groups is 1. The van der Waals surface area contributed by atoms with Crippen molar-refractivity contribution in [3.63, 3.8) is 0 Å². The molecule has 4 rings (SSSR count). The Labute approximate surface area is 292 Å². The number of rotatable bonds is 21. The summed E-state index contributed by atoms with van der Waals surface area (Å²) in [5.74, 6) is 3.21. The highest BCUT2D eigenvalue weighted by Gasteiger charge is 2.32. The second-order valence-electron chi connectivity index (χ2n) is 11.3. The summed E-state index contributed by atoms with van der Waals surface area (Å²) >= 11 is 7.74. The fraction of sp³-hybridized carbons (Fsp3) is 0.559. The molecule has 3 aromatic rings. The molecule has 1 atom stereocenters. The highest BCUT2D eigenvalue weighted by molar-refractivity contribution is 7.99. The molecule has 0 spiro atoms. The van der Waals surface area contributed by atoms with Crippen LogP contribution in [0.4, 0.5) is 11.5 Å². The molecule has 0 bridgehead atoms. The number of hydrogen-bond donors (Lipinski definition) is 1. The van der Waals surface area contributed by atoms with Gasteiger partial charge < -0.3 is 38.2 Å². The first-order valence-electron chi connectivity index (χ1n) is 16.2. The zero-order valence-corrected chi connectivity index (χ0v) is 29.7. The van der Waals surface area contributed by atoms with Crippen LogP contribution in [0, 0.1) is 19.3 Å². The number of halogens is 1. The molecule has 1 saturated heterocycles. The first kappa shape index (κ1) is 37.7. The van der Waals surface area contributed by atoms with Crippen molar-refractivity contribution < 1.29 is 28.5 Å². The quantitative estimate of drug-likeness (QED) is 0.0930. The molecule has 1 aliphatic heterocycles. The number of anilines is 2. The van der Waals surface area contributed by atoms with Crippen LogP contribution in [0.5, 0.6) is 0 Å². The number of benzene rings is 1. The minimum Gasteiger partial charge on any atom is -0.377 e. The van der Waals surface area contributed by atoms with Gasteiger partial charge in [-0.05, 0) is 44.4 Å². The van der Waals surface area contributed by atoms with E-state index in [1.807, 2.05) is 48.0 Å². The number of nitrogens with one attached hydrogen (secondary N) is 1. The zero-order valence-electron chi connectivity index (χ0n) is 28.1. The first-order chi connectivity index (χ1) is 23.4. The maximum absolute atomic E-state index is 13.9. The molecule has 1 amide bonds. The van der Waals surface area contributed by atoms with Gasteiger partial charge >= 0.3 is 0 Å². The smallest absolute Gasteiger partial charge is 0.256 e. The third-order valence-corrected chi connectivity index (χ3v) is 8.42. The monoisotopic (exact) mass is 702 g/mol. The standard InChI is InChI=1S/C34H47ClN6O6S/c1-5-13-43-15-17-45-19-21-47-22-20-46-18-16-44-14-12-39(3)33-26(2)25-41-32(36-33)24-30(37-41)31-8-6-7-11-40(31)34(42)28-23-27(35)9-10-29(28)38-48-4/h1,9-10,23-25,31,38H,6-8,11-22H2,2-4H3. The van der Waals surface area contributed by atoms with Crippen molar-refractivity contribution in [2.45, 2.75) is 32.2 Å². The Morgan fingerprint density at radius 2 is 1.71 bits per heavy atom. The molecule has 48 heavy (non-hydrogen) atoms. The van der Waals surface area contributed by atoms with E-state index in [1.165, 1.54) is 11.9 Å². The van der Waals surface area contributed by atoms with E-state index in [0.29, 0.717) is 89.7 Å². The van der Waals surface area contributed by atoms with Gasteiger partial charge in [-0.25, -0.2) is 9.50 Å². The van der Waals surface area contributed by atoms with Crippen LogP contribution in [-0.4, -0.2) is 118 Å². The lowest BCUT2D eigenvalue weighted by molar-refractivity contribution is -0.00861. The van der Waals surface area contributed by atoms with Gasteiger partial charge in [-0.3, -0.25) is 4.79 Å². The van der Waals surface area contributed by atoms with Crippen LogP contribution >= 0.6 is 23.5 Å². The maximum Gasteiger partial charge on any atom is 0.256 e. The average molecular weight is 703 g/mol. The van der Waals surface area contributed by atoms with Crippen LogP contribution < -0.4 is 9.62 Å². The van der Waals surface area contributed by atoms with Crippen molar-refractivity contribution in [1.29, 1.82) is 0 Å². The van der Waals surface area contributed by atoms with Gasteiger partial charge in [-0.1, -0.05) is 29.5 Å². The normalized spacial score (nSPS) is 14.7. The number of likely N-dealkylation sites (N-methyl/N-ethyl adjacent to an activating group) is 1. The molecule has 3 heterocycles. The number of aryl methyl sites for hydroxylation is 1. The van der Waals surface area contributed by atoms with Gasteiger partial charge in [-0.2, -0.15) is 5.10 Å². The fourth-order valence-corrected chi connectivity index (χ4v) is 5.99. The number of amides is 1. The number of ether oxygens (including phenoxy) is 5. The molecule has 14 heteroatoms. The summed E-state index contributed by atoms with van der Waals surface area (Å²) in [6, 6.07) is 7.21. The lowest BCUT2D eigenvalue weighted by Gasteiger charge is -2.35. The highest BCUT2D eigenvalue weighted by Crippen LogP contribution is 2.34. The van der Waals surface area contributed by atoms with Gasteiger partial charge in [0.25, 0.3) is 5.91 Å². The van der Waals surface area contributed by atoms with Gasteiger partial charge in [0.2, 0.25) is 0 Å². The number of nitrogens with zero attached hydrogens (tertiary/aromatic N) is 5. The van der Waals surface area contributed by atoms with E-state index in [4.69, 9.17) is 51.8 Å². The molecular formula is C34H47ClN6O6S. The van der Waals surface area contributed by atoms with E-state index < -0.39 is 0 Å². The Hall–Kier alpha value is -3.09. The first-order valence-corrected chi connectivity index (χ1v) is 17.8. The number of hydrogen-bond acceptors (Lipinski definition) is 11. The number of fused-ring (bicyclic) bond motifs is 1. The number of carbonyl (C=O) groups excluding carboxylic acids is 1. The molecule has 1 unspecified atom stereocenters. The van der Waals surface area contributed by atoms with E-state index in [9.17, 15) is 4.79 Å². The Morgan fingerprint density at radius 3 is 2.38 bits per heavy atom. The predicted octanol–water partition coefficient (Wildman–Crippen LogP) is 4.90. The second-order valence-corrected chi connectivity index (χ2v) is 12.3. The molecule has 1 aliphatic rings. The summed E-state index contributed by atoms with van der Waals surface area (Å²) in [7, 11) is 2.00. The summed E-state index contributed by atoms with van der Waals surface area (Å²) in [6.45, 7) is 8.13. The lowest BCUT2D eigenvalue weighted by Crippen LogP contribution is -2.39. The second kappa shape index (κ2) is 20.4. The predicted molar refractivity (Wildman–Crippen MR) is 190 cm³/mol. The Bertz CT molecular complexity index is 1490. The Morgan fingerprint density at radius 1 is 1.04 bits per heavy atom. The van der Waals surface area contributed by atoms with E-state index in [0.717, 1.165) is 47.7 Å². The molecule has 0 radical (unpaired) electrons. The molecule has 2 aromatic heterocycles. The van der Waals surface area contributed by atoms with Gasteiger partial charge in [0.05, 0.1) is 82.4 Å². The SMILES string of the molecule is C#CCOCCOCCOCCOCCOCCN(C)c1nc2cc(C3CCCCN3C(=O)c3cc(Cl)ccc3NSC)nn2cc1C. The van der Waals surface area contributed by atoms with Gasteiger partial charge in [0, 0.05) is 49.2 Å². The van der Waals surface area contributed by atoms with E-state index in [-0.39, 0.29) is 11.9 Å². The lowest BCUT2D eigenvalue weighted by atomic mass is 9.98. The number of aromatic nitrogens is 3. The van der Waals surface area contributed by atoms with Crippen LogP contribution in [0.25, 0.3) is 5.65 Å². The fourth-order valence-electron chi connectivity index (χ4n) is 5.42. The summed E-state index contributed by atoms with van der Waals surface area (Å²) in [5.41, 5.74) is 3.87. The van der Waals surface area contributed by atoms with Crippen molar-refractivity contribution in [3.05, 3.63) is 52.3 Å². The third kappa shape index (κ3) is 11.2. The molecule has 262 valence electrons. The molecule has 0 aliphatic carbocycles. The third-order valence-electron chi connectivity index (χ3n) is 7.76. The van der Waals surface area contributed by atoms with Crippen molar-refractivity contribution >= 4 is 46.6 Å². The highest BCUT2D eigenvalue weighted by atomic mass is 35.5. The molecule has 1 aromatic carbocycles. The van der Waals surface area contributed by atoms with Crippen LogP contribution in [0.15, 0.2) is 30.5 Å². The summed E-state index contributed by atoms with van der Waals surface area (Å²) in [4.78, 5) is 22.8. The minimum absolute atomic E-state index is 0.0558. The van der Waals surface area contributed by atoms with E-state index in [1.54, 1.807) is 12.1 Å². The van der Waals surface area contributed by atoms with Crippen molar-refractivity contribution in [2.75, 3.05) is 102 Å². The van der Waals surface area contributed by atoms with Crippen molar-refractivity contribution in [2.24, 2.45) is 0 Å². The van der Waals surface area contributed by atoms with Gasteiger partial charge in [0.1, 0.15) is 12.4 Å². The summed E-state index contributed by atoms with van der Waals surface area (Å²) in [6.07, 6.45) is 11.8. The van der Waals surface area contributed by atoms with Gasteiger partial charge in [0.15, 0.2) is 5.65 Å². The molecule has 1 N–H and O–H groups in total. The minimum atomic E-state index is -0.151. The van der Waals surface area contributed by atoms with Crippen LogP contribution in [-0.2, 0) is 23.7 Å². The van der Waals surface area contributed by atoms with Crippen molar-refractivity contribution in [1.82, 2.24) is 19.5 Å². The molecular weight excluding hydrogens is 656 g/mol. The van der Waals surface area contributed by atoms with Crippen molar-refractivity contribution in [3.8, 4) is 12.3 Å². The van der Waals surface area contributed by atoms with E-state index >= 15 is 0 Å². The number of piperidine rings is 1. The molecule has 12 nitrogen and oxygen atoms in total. The maximum atomic E-state index is 13.9. The topological polar surface area (TPSA) is 112 Å². The zero-order chi connectivity index (χ0) is 34.1. The number of likely N-dealkylation sites (tertiary alicyclic amines) is 1. The Balaban J connectivity index is 1.22. The van der Waals surface area contributed by atoms with Crippen LogP contribution in [0.1, 0.15) is 46.9 Å². The Kier molecular flexibility index (Phi) is 16.1. The number of terminal acetylenes is 1.